The largest absolute Gasteiger partial charge is 0.342 e. The summed E-state index contributed by atoms with van der Waals surface area (Å²) in [5.41, 5.74) is 0.844. The van der Waals surface area contributed by atoms with Crippen molar-refractivity contribution in [1.29, 1.82) is 0 Å². The summed E-state index contributed by atoms with van der Waals surface area (Å²) < 4.78 is 4.50. The Balaban J connectivity index is 1.88. The minimum absolute atomic E-state index is 0.127. The molecule has 7 nitrogen and oxygen atoms in total. The van der Waals surface area contributed by atoms with Gasteiger partial charge in [-0.25, -0.2) is 4.79 Å². The number of hydrogen-bond donors (Lipinski definition) is 0. The van der Waals surface area contributed by atoms with Crippen molar-refractivity contribution in [2.75, 3.05) is 18.0 Å². The molecule has 1 aromatic carbocycles. The number of rotatable bonds is 3. The standard InChI is InChI=1S/C20H24ClN5O2/c1-13-7-6-10-25(11-13)19-22-17-16(23(19)2)18(27)26(20(28)24(17)3)12-14-8-4-5-9-15(14)21/h4-5,8-9,13H,6-7,10-12H2,1-3H3/t13-/m1/s1. The lowest BCUT2D eigenvalue weighted by atomic mass is 10.0. The van der Waals surface area contributed by atoms with Crippen LogP contribution >= 0.6 is 11.6 Å². The van der Waals surface area contributed by atoms with Crippen LogP contribution in [0, 0.1) is 5.92 Å². The van der Waals surface area contributed by atoms with Crippen LogP contribution in [0.1, 0.15) is 25.3 Å². The summed E-state index contributed by atoms with van der Waals surface area (Å²) in [6.07, 6.45) is 2.30. The predicted octanol–water partition coefficient (Wildman–Crippen LogP) is 2.37. The molecule has 1 fully saturated rings. The van der Waals surface area contributed by atoms with E-state index in [9.17, 15) is 9.59 Å². The van der Waals surface area contributed by atoms with Gasteiger partial charge in [0.1, 0.15) is 0 Å². The molecule has 1 atom stereocenters. The van der Waals surface area contributed by atoms with Gasteiger partial charge in [-0.1, -0.05) is 36.7 Å². The molecule has 8 heteroatoms. The van der Waals surface area contributed by atoms with Gasteiger partial charge in [-0.2, -0.15) is 4.98 Å². The third-order valence-electron chi connectivity index (χ3n) is 5.56. The molecule has 0 radical (unpaired) electrons. The summed E-state index contributed by atoms with van der Waals surface area (Å²) in [5.74, 6) is 1.32. The molecule has 3 aromatic rings. The second-order valence-corrected chi connectivity index (χ2v) is 8.07. The molecular formula is C20H24ClN5O2. The van der Waals surface area contributed by atoms with Crippen molar-refractivity contribution < 1.29 is 0 Å². The zero-order valence-electron chi connectivity index (χ0n) is 16.4. The molecule has 0 aliphatic carbocycles. The molecule has 3 heterocycles. The van der Waals surface area contributed by atoms with E-state index in [0.717, 1.165) is 31.0 Å². The van der Waals surface area contributed by atoms with Gasteiger partial charge in [0.2, 0.25) is 5.95 Å². The molecule has 0 spiro atoms. The molecule has 4 rings (SSSR count). The number of benzene rings is 1. The van der Waals surface area contributed by atoms with Crippen LogP contribution in [0.4, 0.5) is 5.95 Å². The van der Waals surface area contributed by atoms with Crippen molar-refractivity contribution in [2.24, 2.45) is 20.0 Å². The topological polar surface area (TPSA) is 65.1 Å². The lowest BCUT2D eigenvalue weighted by Crippen LogP contribution is -2.40. The molecule has 28 heavy (non-hydrogen) atoms. The van der Waals surface area contributed by atoms with E-state index in [1.807, 2.05) is 29.8 Å². The number of nitrogens with zero attached hydrogens (tertiary/aromatic N) is 5. The fourth-order valence-electron chi connectivity index (χ4n) is 4.02. The number of fused-ring (bicyclic) bond motifs is 1. The van der Waals surface area contributed by atoms with E-state index < -0.39 is 5.69 Å². The third-order valence-corrected chi connectivity index (χ3v) is 5.93. The van der Waals surface area contributed by atoms with Crippen molar-refractivity contribution in [1.82, 2.24) is 18.7 Å². The highest BCUT2D eigenvalue weighted by atomic mass is 35.5. The van der Waals surface area contributed by atoms with Gasteiger partial charge in [0.05, 0.1) is 6.54 Å². The van der Waals surface area contributed by atoms with E-state index in [1.54, 1.807) is 13.1 Å². The van der Waals surface area contributed by atoms with Crippen LogP contribution in [0.2, 0.25) is 5.02 Å². The Hall–Kier alpha value is -2.54. The Morgan fingerprint density at radius 3 is 2.64 bits per heavy atom. The van der Waals surface area contributed by atoms with Gasteiger partial charge in [-0.15, -0.1) is 0 Å². The number of anilines is 1. The van der Waals surface area contributed by atoms with Crippen LogP contribution in [0.25, 0.3) is 11.2 Å². The minimum atomic E-state index is -0.394. The van der Waals surface area contributed by atoms with E-state index in [2.05, 4.69) is 16.8 Å². The molecule has 0 bridgehead atoms. The average molecular weight is 402 g/mol. The van der Waals surface area contributed by atoms with Crippen molar-refractivity contribution in [2.45, 2.75) is 26.3 Å². The SMILES string of the molecule is C[C@@H]1CCCN(c2nc3c(c(=O)n(Cc4ccccc4Cl)c(=O)n3C)n2C)C1. The number of halogens is 1. The minimum Gasteiger partial charge on any atom is -0.342 e. The maximum Gasteiger partial charge on any atom is 0.332 e. The Morgan fingerprint density at radius 1 is 1.18 bits per heavy atom. The normalized spacial score (nSPS) is 17.4. The Kier molecular flexibility index (Phi) is 4.79. The lowest BCUT2D eigenvalue weighted by Gasteiger charge is -2.31. The molecule has 2 aromatic heterocycles. The highest BCUT2D eigenvalue weighted by molar-refractivity contribution is 6.31. The fraction of sp³-hybridized carbons (Fsp3) is 0.450. The van der Waals surface area contributed by atoms with Crippen LogP contribution in [0.3, 0.4) is 0 Å². The predicted molar refractivity (Wildman–Crippen MR) is 111 cm³/mol. The Bertz CT molecular complexity index is 1160. The van der Waals surface area contributed by atoms with Gasteiger partial charge in [0.15, 0.2) is 11.2 Å². The summed E-state index contributed by atoms with van der Waals surface area (Å²) in [6, 6.07) is 7.24. The number of aromatic nitrogens is 4. The Labute approximate surface area is 167 Å². The van der Waals surface area contributed by atoms with Gasteiger partial charge in [-0.05, 0) is 30.4 Å². The second kappa shape index (κ2) is 7.13. The van der Waals surface area contributed by atoms with Crippen molar-refractivity contribution >= 4 is 28.7 Å². The van der Waals surface area contributed by atoms with Crippen LogP contribution in [0.15, 0.2) is 33.9 Å². The number of hydrogen-bond acceptors (Lipinski definition) is 4. The molecule has 0 unspecified atom stereocenters. The highest BCUT2D eigenvalue weighted by Gasteiger charge is 2.24. The van der Waals surface area contributed by atoms with E-state index in [-0.39, 0.29) is 12.1 Å². The second-order valence-electron chi connectivity index (χ2n) is 7.66. The maximum atomic E-state index is 13.2. The summed E-state index contributed by atoms with van der Waals surface area (Å²) in [5, 5.41) is 0.532. The average Bonchev–Trinajstić information content (AvgIpc) is 3.02. The van der Waals surface area contributed by atoms with E-state index >= 15 is 0 Å². The zero-order chi connectivity index (χ0) is 20.0. The number of aryl methyl sites for hydroxylation is 2. The molecular weight excluding hydrogens is 378 g/mol. The molecule has 0 N–H and O–H groups in total. The first-order valence-corrected chi connectivity index (χ1v) is 9.91. The molecule has 0 amide bonds. The van der Waals surface area contributed by atoms with E-state index in [4.69, 9.17) is 11.6 Å². The lowest BCUT2D eigenvalue weighted by molar-refractivity contribution is 0.440. The summed E-state index contributed by atoms with van der Waals surface area (Å²) in [4.78, 5) is 33.0. The smallest absolute Gasteiger partial charge is 0.332 e. The van der Waals surface area contributed by atoms with E-state index in [1.165, 1.54) is 15.6 Å². The summed E-state index contributed by atoms with van der Waals surface area (Å²) >= 11 is 6.24. The molecule has 0 saturated carbocycles. The van der Waals surface area contributed by atoms with Gasteiger partial charge < -0.3 is 9.47 Å². The molecule has 1 aliphatic rings. The molecule has 148 valence electrons. The van der Waals surface area contributed by atoms with Crippen molar-refractivity contribution in [3.63, 3.8) is 0 Å². The maximum absolute atomic E-state index is 13.2. The first-order valence-electron chi connectivity index (χ1n) is 9.53. The van der Waals surface area contributed by atoms with Gasteiger partial charge in [0, 0.05) is 32.2 Å². The van der Waals surface area contributed by atoms with Crippen LogP contribution in [-0.4, -0.2) is 31.8 Å². The first-order chi connectivity index (χ1) is 13.4. The van der Waals surface area contributed by atoms with Gasteiger partial charge in [0.25, 0.3) is 5.56 Å². The fourth-order valence-corrected chi connectivity index (χ4v) is 4.22. The number of imidazole rings is 1. The van der Waals surface area contributed by atoms with Gasteiger partial charge >= 0.3 is 5.69 Å². The van der Waals surface area contributed by atoms with E-state index in [0.29, 0.717) is 22.1 Å². The van der Waals surface area contributed by atoms with Crippen molar-refractivity contribution in [3.8, 4) is 0 Å². The van der Waals surface area contributed by atoms with Crippen LogP contribution in [0.5, 0.6) is 0 Å². The monoisotopic (exact) mass is 401 g/mol. The Morgan fingerprint density at radius 2 is 1.93 bits per heavy atom. The first kappa shape index (κ1) is 18.8. The quantitative estimate of drug-likeness (QED) is 0.675. The summed E-state index contributed by atoms with van der Waals surface area (Å²) in [6.45, 7) is 4.16. The highest BCUT2D eigenvalue weighted by Crippen LogP contribution is 2.24. The molecule has 1 saturated heterocycles. The van der Waals surface area contributed by atoms with Crippen LogP contribution in [-0.2, 0) is 20.6 Å². The van der Waals surface area contributed by atoms with Gasteiger partial charge in [-0.3, -0.25) is 13.9 Å². The number of piperidine rings is 1. The van der Waals surface area contributed by atoms with Crippen LogP contribution < -0.4 is 16.1 Å². The summed E-state index contributed by atoms with van der Waals surface area (Å²) in [7, 11) is 3.50. The third kappa shape index (κ3) is 3.03. The van der Waals surface area contributed by atoms with Crippen molar-refractivity contribution in [3.05, 3.63) is 55.7 Å². The molecule has 1 aliphatic heterocycles. The zero-order valence-corrected chi connectivity index (χ0v) is 17.1.